The van der Waals surface area contributed by atoms with Crippen molar-refractivity contribution in [2.75, 3.05) is 13.1 Å². The first kappa shape index (κ1) is 9.52. The molecule has 0 spiro atoms. The number of aromatic nitrogens is 1. The van der Waals surface area contributed by atoms with Crippen LogP contribution >= 0.6 is 0 Å². The minimum Gasteiger partial charge on any atom is -0.317 e. The van der Waals surface area contributed by atoms with Crippen LogP contribution in [0.15, 0.2) is 12.3 Å². The Labute approximate surface area is 81.4 Å². The monoisotopic (exact) mass is 198 g/mol. The highest BCUT2D eigenvalue weighted by Crippen LogP contribution is 2.25. The molecule has 14 heavy (non-hydrogen) atoms. The van der Waals surface area contributed by atoms with Gasteiger partial charge in [-0.2, -0.15) is 4.39 Å². The average Bonchev–Trinajstić information content (AvgIpc) is 2.23. The Morgan fingerprint density at radius 3 is 2.64 bits per heavy atom. The van der Waals surface area contributed by atoms with E-state index < -0.39 is 11.8 Å². The molecule has 1 aromatic rings. The lowest BCUT2D eigenvalue weighted by Gasteiger charge is -2.22. The van der Waals surface area contributed by atoms with E-state index in [2.05, 4.69) is 10.3 Å². The van der Waals surface area contributed by atoms with Gasteiger partial charge in [-0.25, -0.2) is 9.37 Å². The van der Waals surface area contributed by atoms with Gasteiger partial charge in [0.25, 0.3) is 0 Å². The molecule has 0 saturated carbocycles. The zero-order valence-corrected chi connectivity index (χ0v) is 7.76. The van der Waals surface area contributed by atoms with E-state index in [-0.39, 0.29) is 0 Å². The minimum absolute atomic E-state index is 0.318. The molecule has 0 aromatic carbocycles. The van der Waals surface area contributed by atoms with Gasteiger partial charge in [-0.1, -0.05) is 0 Å². The fourth-order valence-electron chi connectivity index (χ4n) is 1.81. The number of halogens is 2. The smallest absolute Gasteiger partial charge is 0.248 e. The molecule has 76 valence electrons. The van der Waals surface area contributed by atoms with Crippen molar-refractivity contribution >= 4 is 0 Å². The molecular formula is C10H12F2N2. The van der Waals surface area contributed by atoms with Crippen molar-refractivity contribution in [2.24, 2.45) is 0 Å². The SMILES string of the molecule is Fc1cc(C2CCNCC2)cnc1F. The fourth-order valence-corrected chi connectivity index (χ4v) is 1.81. The van der Waals surface area contributed by atoms with E-state index in [9.17, 15) is 8.78 Å². The van der Waals surface area contributed by atoms with Gasteiger partial charge in [0.2, 0.25) is 5.95 Å². The number of hydrogen-bond donors (Lipinski definition) is 1. The first-order valence-electron chi connectivity index (χ1n) is 4.79. The Morgan fingerprint density at radius 1 is 1.29 bits per heavy atom. The summed E-state index contributed by atoms with van der Waals surface area (Å²) in [7, 11) is 0. The molecule has 0 radical (unpaired) electrons. The van der Waals surface area contributed by atoms with Gasteiger partial charge in [-0.15, -0.1) is 0 Å². The van der Waals surface area contributed by atoms with E-state index >= 15 is 0 Å². The molecule has 1 aliphatic heterocycles. The van der Waals surface area contributed by atoms with Crippen LogP contribution in [0.1, 0.15) is 24.3 Å². The van der Waals surface area contributed by atoms with Crippen molar-refractivity contribution in [2.45, 2.75) is 18.8 Å². The molecule has 2 heterocycles. The predicted octanol–water partition coefficient (Wildman–Crippen LogP) is 1.83. The Morgan fingerprint density at radius 2 is 2.00 bits per heavy atom. The van der Waals surface area contributed by atoms with Crippen LogP contribution in [0.25, 0.3) is 0 Å². The molecule has 1 N–H and O–H groups in total. The van der Waals surface area contributed by atoms with Crippen LogP contribution in [0.5, 0.6) is 0 Å². The summed E-state index contributed by atoms with van der Waals surface area (Å²) in [4.78, 5) is 3.39. The van der Waals surface area contributed by atoms with Crippen molar-refractivity contribution in [3.05, 3.63) is 29.6 Å². The van der Waals surface area contributed by atoms with Gasteiger partial charge < -0.3 is 5.32 Å². The minimum atomic E-state index is -1.01. The first-order valence-corrected chi connectivity index (χ1v) is 4.79. The normalized spacial score (nSPS) is 18.4. The maximum Gasteiger partial charge on any atom is 0.248 e. The number of hydrogen-bond acceptors (Lipinski definition) is 2. The second-order valence-electron chi connectivity index (χ2n) is 3.57. The highest BCUT2D eigenvalue weighted by molar-refractivity contribution is 5.17. The number of piperidine rings is 1. The molecule has 0 unspecified atom stereocenters. The first-order chi connectivity index (χ1) is 6.77. The maximum atomic E-state index is 12.9. The Kier molecular flexibility index (Phi) is 2.72. The summed E-state index contributed by atoms with van der Waals surface area (Å²) in [6, 6.07) is 1.26. The molecule has 1 fully saturated rings. The summed E-state index contributed by atoms with van der Waals surface area (Å²) in [5.74, 6) is -1.54. The Balaban J connectivity index is 2.18. The van der Waals surface area contributed by atoms with Crippen molar-refractivity contribution in [1.82, 2.24) is 10.3 Å². The molecule has 0 atom stereocenters. The largest absolute Gasteiger partial charge is 0.317 e. The van der Waals surface area contributed by atoms with Crippen molar-refractivity contribution < 1.29 is 8.78 Å². The van der Waals surface area contributed by atoms with Crippen molar-refractivity contribution in [3.63, 3.8) is 0 Å². The number of nitrogens with one attached hydrogen (secondary N) is 1. The number of pyridine rings is 1. The molecule has 2 nitrogen and oxygen atoms in total. The third-order valence-electron chi connectivity index (χ3n) is 2.63. The van der Waals surface area contributed by atoms with Crippen molar-refractivity contribution in [3.8, 4) is 0 Å². The van der Waals surface area contributed by atoms with Crippen LogP contribution in [0, 0.1) is 11.8 Å². The van der Waals surface area contributed by atoms with E-state index in [1.807, 2.05) is 0 Å². The fraction of sp³-hybridized carbons (Fsp3) is 0.500. The van der Waals surface area contributed by atoms with Gasteiger partial charge >= 0.3 is 0 Å². The van der Waals surface area contributed by atoms with Gasteiger partial charge in [0, 0.05) is 6.20 Å². The summed E-state index contributed by atoms with van der Waals surface area (Å²) in [6.45, 7) is 1.87. The van der Waals surface area contributed by atoms with E-state index in [0.717, 1.165) is 31.5 Å². The van der Waals surface area contributed by atoms with Gasteiger partial charge in [0.1, 0.15) is 0 Å². The Hall–Kier alpha value is -1.03. The predicted molar refractivity (Wildman–Crippen MR) is 49.0 cm³/mol. The molecule has 1 aromatic heterocycles. The molecule has 0 amide bonds. The molecular weight excluding hydrogens is 186 g/mol. The van der Waals surface area contributed by atoms with Crippen LogP contribution in [0.2, 0.25) is 0 Å². The molecule has 4 heteroatoms. The standard InChI is InChI=1S/C10H12F2N2/c11-9-5-8(6-14-10(9)12)7-1-3-13-4-2-7/h5-7,13H,1-4H2. The highest BCUT2D eigenvalue weighted by Gasteiger charge is 2.16. The van der Waals surface area contributed by atoms with Crippen LogP contribution in [0.3, 0.4) is 0 Å². The average molecular weight is 198 g/mol. The van der Waals surface area contributed by atoms with Crippen LogP contribution < -0.4 is 5.32 Å². The molecule has 0 bridgehead atoms. The Bertz CT molecular complexity index is 322. The van der Waals surface area contributed by atoms with E-state index in [0.29, 0.717) is 5.92 Å². The van der Waals surface area contributed by atoms with Crippen LogP contribution in [0.4, 0.5) is 8.78 Å². The summed E-state index contributed by atoms with van der Waals surface area (Å²) in [5, 5.41) is 3.22. The van der Waals surface area contributed by atoms with Gasteiger partial charge in [0.05, 0.1) is 0 Å². The van der Waals surface area contributed by atoms with Gasteiger partial charge in [0.15, 0.2) is 5.82 Å². The number of nitrogens with zero attached hydrogens (tertiary/aromatic N) is 1. The van der Waals surface area contributed by atoms with Crippen LogP contribution in [-0.2, 0) is 0 Å². The molecule has 1 aliphatic rings. The molecule has 1 saturated heterocycles. The van der Waals surface area contributed by atoms with Crippen molar-refractivity contribution in [1.29, 1.82) is 0 Å². The van der Waals surface area contributed by atoms with E-state index in [4.69, 9.17) is 0 Å². The molecule has 0 aliphatic carbocycles. The highest BCUT2D eigenvalue weighted by atomic mass is 19.2. The van der Waals surface area contributed by atoms with Crippen LogP contribution in [-0.4, -0.2) is 18.1 Å². The molecule has 2 rings (SSSR count). The third kappa shape index (κ3) is 1.90. The zero-order valence-electron chi connectivity index (χ0n) is 7.76. The summed E-state index contributed by atoms with van der Waals surface area (Å²) in [5.41, 5.74) is 0.811. The second kappa shape index (κ2) is 4.00. The topological polar surface area (TPSA) is 24.9 Å². The van der Waals surface area contributed by atoms with E-state index in [1.54, 1.807) is 0 Å². The maximum absolute atomic E-state index is 12.9. The van der Waals surface area contributed by atoms with E-state index in [1.165, 1.54) is 12.3 Å². The summed E-state index contributed by atoms with van der Waals surface area (Å²) in [6.07, 6.45) is 3.37. The summed E-state index contributed by atoms with van der Waals surface area (Å²) >= 11 is 0. The second-order valence-corrected chi connectivity index (χ2v) is 3.57. The lowest BCUT2D eigenvalue weighted by Crippen LogP contribution is -2.26. The van der Waals surface area contributed by atoms with Gasteiger partial charge in [-0.3, -0.25) is 0 Å². The third-order valence-corrected chi connectivity index (χ3v) is 2.63. The summed E-state index contributed by atoms with van der Waals surface area (Å²) < 4.78 is 25.4. The lowest BCUT2D eigenvalue weighted by atomic mass is 9.91. The quantitative estimate of drug-likeness (QED) is 0.696. The van der Waals surface area contributed by atoms with Gasteiger partial charge in [-0.05, 0) is 43.5 Å². The number of rotatable bonds is 1. The zero-order chi connectivity index (χ0) is 9.97. The lowest BCUT2D eigenvalue weighted by molar-refractivity contribution is 0.445.